The molecule has 0 aliphatic carbocycles. The summed E-state index contributed by atoms with van der Waals surface area (Å²) in [6, 6.07) is 0. The Morgan fingerprint density at radius 3 is 2.00 bits per heavy atom. The minimum atomic E-state index is 0. The molecule has 5 heavy (non-hydrogen) atoms. The summed E-state index contributed by atoms with van der Waals surface area (Å²) in [5.74, 6) is 0. The molecule has 0 fully saturated rings. The molecule has 0 saturated heterocycles. The third kappa shape index (κ3) is 11.1. The van der Waals surface area contributed by atoms with Gasteiger partial charge < -0.3 is 0 Å². The van der Waals surface area contributed by atoms with Crippen molar-refractivity contribution in [2.24, 2.45) is 5.16 Å². The number of hydrogen-bond donors (Lipinski definition) is 0. The van der Waals surface area contributed by atoms with Crippen molar-refractivity contribution >= 4 is 51.6 Å². The molecule has 29 valence electrons. The summed E-state index contributed by atoms with van der Waals surface area (Å²) in [7, 11) is 0. The molecule has 0 atom stereocenters. The van der Waals surface area contributed by atoms with Gasteiger partial charge in [-0.05, 0) is 0 Å². The van der Waals surface area contributed by atoms with E-state index in [0.29, 0.717) is 0 Å². The summed E-state index contributed by atoms with van der Waals surface area (Å²) >= 11 is 1.06. The van der Waals surface area contributed by atoms with Crippen LogP contribution < -0.4 is 0 Å². The van der Waals surface area contributed by atoms with Gasteiger partial charge in [0.25, 0.3) is 0 Å². The molecule has 2 nitrogen and oxygen atoms in total. The summed E-state index contributed by atoms with van der Waals surface area (Å²) in [5, 5.41) is 11.3. The van der Waals surface area contributed by atoms with Crippen molar-refractivity contribution in [3.8, 4) is 0 Å². The molecular weight excluding hydrogens is 286 g/mol. The maximum absolute atomic E-state index is 8.89. The van der Waals surface area contributed by atoms with E-state index in [9.17, 15) is 0 Å². The fraction of sp³-hybridized carbons (Fsp3) is 0. The SMILES string of the molecule is [O-]/N=[CH]\[SbH].[SbH]. The van der Waals surface area contributed by atoms with E-state index in [1.54, 1.807) is 0 Å². The normalized spacial score (nSPS) is 7.40. The average Bonchev–Trinajstić information content (AvgIpc) is 1.37. The molecule has 0 aromatic rings. The van der Waals surface area contributed by atoms with E-state index in [2.05, 4.69) is 5.16 Å². The van der Waals surface area contributed by atoms with E-state index in [4.69, 9.17) is 5.21 Å². The Kier molecular flexibility index (Phi) is 16.9. The van der Waals surface area contributed by atoms with Gasteiger partial charge in [0.15, 0.2) is 0 Å². The third-order valence-electron chi connectivity index (χ3n) is 0.0527. The molecule has 0 amide bonds. The van der Waals surface area contributed by atoms with Crippen LogP contribution >= 0.6 is 0 Å². The number of rotatable bonds is 0. The zero-order valence-electron chi connectivity index (χ0n) is 2.43. The molecule has 4 heteroatoms. The van der Waals surface area contributed by atoms with Gasteiger partial charge in [0.05, 0.1) is 0 Å². The first-order valence-corrected chi connectivity index (χ1v) is 2.38. The second-order valence-corrected chi connectivity index (χ2v) is 0.971. The molecule has 0 saturated carbocycles. The fourth-order valence-corrected chi connectivity index (χ4v) is 0. The number of nitrogens with zero attached hydrogens (tertiary/aromatic N) is 1. The first-order chi connectivity index (χ1) is 1.91. The molecule has 0 N–H and O–H groups in total. The second-order valence-electron chi connectivity index (χ2n) is 0.235. The molecule has 0 aromatic carbocycles. The van der Waals surface area contributed by atoms with Crippen molar-refractivity contribution in [2.75, 3.05) is 0 Å². The summed E-state index contributed by atoms with van der Waals surface area (Å²) < 4.78 is 1.28. The van der Waals surface area contributed by atoms with Crippen molar-refractivity contribution < 1.29 is 0 Å². The van der Waals surface area contributed by atoms with E-state index in [1.807, 2.05) is 0 Å². The maximum atomic E-state index is 8.89. The molecule has 0 aliphatic rings. The van der Waals surface area contributed by atoms with Gasteiger partial charge >= 0.3 is 62.0 Å². The summed E-state index contributed by atoms with van der Waals surface area (Å²) in [5.41, 5.74) is 0. The molecule has 0 heterocycles. The van der Waals surface area contributed by atoms with Gasteiger partial charge in [-0.15, -0.1) is 0 Å². The predicted molar refractivity (Wildman–Crippen MR) is 26.2 cm³/mol. The van der Waals surface area contributed by atoms with Gasteiger partial charge in [-0.25, -0.2) is 0 Å². The van der Waals surface area contributed by atoms with E-state index in [0.717, 1.165) is 23.0 Å². The Balaban J connectivity index is 0. The third-order valence-corrected chi connectivity index (χ3v) is 0.354. The standard InChI is InChI=1S/CH2NO.2Sb.2H/c1-2-3;;;;/h1,3H;;;;/p-1. The molecule has 3 radical (unpaired) electrons. The van der Waals surface area contributed by atoms with Crippen molar-refractivity contribution in [2.45, 2.75) is 0 Å². The Morgan fingerprint density at radius 1 is 1.80 bits per heavy atom. The van der Waals surface area contributed by atoms with Crippen molar-refractivity contribution in [1.82, 2.24) is 0 Å². The first kappa shape index (κ1) is 9.44. The zero-order chi connectivity index (χ0) is 3.41. The van der Waals surface area contributed by atoms with Crippen molar-refractivity contribution in [3.05, 3.63) is 5.21 Å². The number of hydrogen-bond acceptors (Lipinski definition) is 2. The van der Waals surface area contributed by atoms with Crippen LogP contribution in [0.25, 0.3) is 0 Å². The van der Waals surface area contributed by atoms with Gasteiger partial charge in [0.2, 0.25) is 0 Å². The van der Waals surface area contributed by atoms with E-state index < -0.39 is 0 Å². The quantitative estimate of drug-likeness (QED) is 0.312. The first-order valence-electron chi connectivity index (χ1n) is 0.729. The van der Waals surface area contributed by atoms with Crippen LogP contribution in [0.3, 0.4) is 0 Å². The van der Waals surface area contributed by atoms with Crippen LogP contribution in [-0.2, 0) is 0 Å². The molecule has 0 aliphatic heterocycles. The van der Waals surface area contributed by atoms with Crippen LogP contribution in [0.1, 0.15) is 0 Å². The van der Waals surface area contributed by atoms with Gasteiger partial charge in [0, 0.05) is 0 Å². The molecule has 0 spiro atoms. The molecule has 0 bridgehead atoms. The Morgan fingerprint density at radius 2 is 2.00 bits per heavy atom. The topological polar surface area (TPSA) is 35.4 Å². The summed E-state index contributed by atoms with van der Waals surface area (Å²) in [6.45, 7) is 0. The fourth-order valence-electron chi connectivity index (χ4n) is 0. The average molecular weight is 289 g/mol. The predicted octanol–water partition coefficient (Wildman–Crippen LogP) is -1.24. The Labute approximate surface area is 61.6 Å². The Bertz CT molecular complexity index is 24.8. The summed E-state index contributed by atoms with van der Waals surface area (Å²) in [6.07, 6.45) is 0. The van der Waals surface area contributed by atoms with Gasteiger partial charge in [-0.1, -0.05) is 0 Å². The Hall–Kier alpha value is 1.11. The minimum absolute atomic E-state index is 0. The molecular formula is CH3NOSb2-. The van der Waals surface area contributed by atoms with Crippen LogP contribution in [-0.4, -0.2) is 51.6 Å². The zero-order valence-corrected chi connectivity index (χ0v) is 8.14. The monoisotopic (exact) mass is 287 g/mol. The molecule has 0 unspecified atom stereocenters. The van der Waals surface area contributed by atoms with Gasteiger partial charge in [0.1, 0.15) is 0 Å². The molecule has 0 aromatic heterocycles. The summed E-state index contributed by atoms with van der Waals surface area (Å²) in [4.78, 5) is 0. The van der Waals surface area contributed by atoms with Gasteiger partial charge in [-0.2, -0.15) is 0 Å². The van der Waals surface area contributed by atoms with Crippen LogP contribution in [0.15, 0.2) is 5.16 Å². The van der Waals surface area contributed by atoms with E-state index in [-0.39, 0.29) is 24.4 Å². The second kappa shape index (κ2) is 8.92. The van der Waals surface area contributed by atoms with Crippen LogP contribution in [0.5, 0.6) is 0 Å². The van der Waals surface area contributed by atoms with Crippen LogP contribution in [0.2, 0.25) is 0 Å². The molecule has 0 rings (SSSR count). The van der Waals surface area contributed by atoms with Crippen molar-refractivity contribution in [1.29, 1.82) is 0 Å². The van der Waals surface area contributed by atoms with Crippen LogP contribution in [0, 0.1) is 5.21 Å². The van der Waals surface area contributed by atoms with Crippen LogP contribution in [0.4, 0.5) is 0 Å². The van der Waals surface area contributed by atoms with E-state index in [1.165, 1.54) is 4.16 Å². The van der Waals surface area contributed by atoms with E-state index >= 15 is 0 Å². The van der Waals surface area contributed by atoms with Gasteiger partial charge in [-0.3, -0.25) is 0 Å². The van der Waals surface area contributed by atoms with Crippen molar-refractivity contribution in [3.63, 3.8) is 0 Å².